The van der Waals surface area contributed by atoms with Crippen LogP contribution < -0.4 is 10.8 Å². The van der Waals surface area contributed by atoms with E-state index in [4.69, 9.17) is 5.21 Å². The van der Waals surface area contributed by atoms with Gasteiger partial charge in [-0.05, 0) is 23.9 Å². The second-order valence-corrected chi connectivity index (χ2v) is 6.73. The molecule has 8 heteroatoms. The maximum absolute atomic E-state index is 11.9. The van der Waals surface area contributed by atoms with Crippen LogP contribution in [-0.2, 0) is 21.1 Å². The first kappa shape index (κ1) is 15.7. The molecule has 0 bridgehead atoms. The second-order valence-electron chi connectivity index (χ2n) is 3.60. The molecule has 19 heavy (non-hydrogen) atoms. The molecule has 0 atom stereocenters. The van der Waals surface area contributed by atoms with Crippen LogP contribution >= 0.6 is 11.3 Å². The predicted molar refractivity (Wildman–Crippen MR) is 71.5 cm³/mol. The standard InChI is InChI=1S/C11H14N2O4S2/c1-2-3-4-9-5-11(18-7-9)19(16,17)8-12-6-10(14)13-15/h5,7,12,15H,4,6,8H2,1H3,(H,13,14). The topological polar surface area (TPSA) is 95.5 Å². The molecule has 104 valence electrons. The van der Waals surface area contributed by atoms with Crippen LogP contribution in [0.25, 0.3) is 0 Å². The Morgan fingerprint density at radius 3 is 2.89 bits per heavy atom. The molecule has 0 radical (unpaired) electrons. The summed E-state index contributed by atoms with van der Waals surface area (Å²) >= 11 is 1.13. The van der Waals surface area contributed by atoms with Crippen LogP contribution in [0.15, 0.2) is 15.7 Å². The van der Waals surface area contributed by atoms with Crippen molar-refractivity contribution in [2.24, 2.45) is 0 Å². The summed E-state index contributed by atoms with van der Waals surface area (Å²) in [6, 6.07) is 1.58. The van der Waals surface area contributed by atoms with E-state index in [1.165, 1.54) is 5.48 Å². The number of amides is 1. The summed E-state index contributed by atoms with van der Waals surface area (Å²) in [4.78, 5) is 10.7. The molecule has 1 rings (SSSR count). The van der Waals surface area contributed by atoms with E-state index in [1.807, 2.05) is 0 Å². The van der Waals surface area contributed by atoms with Gasteiger partial charge in [-0.25, -0.2) is 13.9 Å². The third kappa shape index (κ3) is 5.00. The van der Waals surface area contributed by atoms with Gasteiger partial charge in [0, 0.05) is 6.42 Å². The Morgan fingerprint density at radius 2 is 2.26 bits per heavy atom. The number of sulfone groups is 1. The zero-order valence-corrected chi connectivity index (χ0v) is 11.9. The third-order valence-electron chi connectivity index (χ3n) is 2.11. The molecule has 0 spiro atoms. The summed E-state index contributed by atoms with van der Waals surface area (Å²) in [5.74, 6) is 4.55. The van der Waals surface area contributed by atoms with E-state index < -0.39 is 15.7 Å². The van der Waals surface area contributed by atoms with Crippen molar-refractivity contribution in [2.75, 3.05) is 12.4 Å². The van der Waals surface area contributed by atoms with Crippen molar-refractivity contribution in [1.29, 1.82) is 0 Å². The molecule has 1 aromatic rings. The molecule has 1 aromatic heterocycles. The first-order valence-electron chi connectivity index (χ1n) is 5.33. The summed E-state index contributed by atoms with van der Waals surface area (Å²) in [6.07, 6.45) is 0.517. The van der Waals surface area contributed by atoms with E-state index in [1.54, 1.807) is 18.4 Å². The SMILES string of the molecule is CC#CCc1csc(S(=O)(=O)CNCC(=O)NO)c1. The highest BCUT2D eigenvalue weighted by Crippen LogP contribution is 2.21. The molecule has 0 aliphatic heterocycles. The molecule has 0 fully saturated rings. The molecule has 0 aromatic carbocycles. The fourth-order valence-corrected chi connectivity index (χ4v) is 3.60. The molecular weight excluding hydrogens is 288 g/mol. The molecule has 0 aliphatic rings. The van der Waals surface area contributed by atoms with Crippen molar-refractivity contribution in [3.05, 3.63) is 17.0 Å². The van der Waals surface area contributed by atoms with Gasteiger partial charge in [0.15, 0.2) is 0 Å². The highest BCUT2D eigenvalue weighted by atomic mass is 32.2. The average molecular weight is 302 g/mol. The Kier molecular flexibility index (Phi) is 5.98. The van der Waals surface area contributed by atoms with E-state index in [9.17, 15) is 13.2 Å². The van der Waals surface area contributed by atoms with Crippen LogP contribution in [0.4, 0.5) is 0 Å². The molecule has 0 saturated carbocycles. The minimum Gasteiger partial charge on any atom is -0.295 e. The second kappa shape index (κ2) is 7.25. The molecule has 3 N–H and O–H groups in total. The smallest absolute Gasteiger partial charge is 0.257 e. The van der Waals surface area contributed by atoms with Crippen molar-refractivity contribution in [1.82, 2.24) is 10.8 Å². The predicted octanol–water partition coefficient (Wildman–Crippen LogP) is 0.140. The first-order chi connectivity index (χ1) is 8.99. The number of rotatable bonds is 6. The van der Waals surface area contributed by atoms with Gasteiger partial charge in [0.2, 0.25) is 9.84 Å². The Labute approximate surface area is 115 Å². The van der Waals surface area contributed by atoms with Crippen LogP contribution in [0.5, 0.6) is 0 Å². The highest BCUT2D eigenvalue weighted by molar-refractivity contribution is 7.93. The maximum Gasteiger partial charge on any atom is 0.257 e. The molecule has 0 unspecified atom stereocenters. The number of nitrogens with one attached hydrogen (secondary N) is 2. The van der Waals surface area contributed by atoms with Crippen LogP contribution in [0.1, 0.15) is 12.5 Å². The molecular formula is C11H14N2O4S2. The van der Waals surface area contributed by atoms with Crippen molar-refractivity contribution in [3.63, 3.8) is 0 Å². The number of carbonyl (C=O) groups excluding carboxylic acids is 1. The highest BCUT2D eigenvalue weighted by Gasteiger charge is 2.17. The lowest BCUT2D eigenvalue weighted by Gasteiger charge is -2.03. The molecule has 1 heterocycles. The number of hydroxylamine groups is 1. The summed E-state index contributed by atoms with van der Waals surface area (Å²) in [6.45, 7) is 1.45. The minimum absolute atomic E-state index is 0.234. The van der Waals surface area contributed by atoms with Gasteiger partial charge in [-0.15, -0.1) is 17.3 Å². The van der Waals surface area contributed by atoms with Gasteiger partial charge in [-0.3, -0.25) is 15.3 Å². The monoisotopic (exact) mass is 302 g/mol. The lowest BCUT2D eigenvalue weighted by molar-refractivity contribution is -0.128. The minimum atomic E-state index is -3.47. The Balaban J connectivity index is 2.63. The molecule has 1 amide bonds. The fraction of sp³-hybridized carbons (Fsp3) is 0.364. The summed E-state index contributed by atoms with van der Waals surface area (Å²) in [7, 11) is -3.47. The van der Waals surface area contributed by atoms with Crippen molar-refractivity contribution < 1.29 is 18.4 Å². The van der Waals surface area contributed by atoms with Crippen molar-refractivity contribution >= 4 is 27.1 Å². The van der Waals surface area contributed by atoms with Gasteiger partial charge in [0.25, 0.3) is 5.91 Å². The van der Waals surface area contributed by atoms with Crippen LogP contribution in [0.3, 0.4) is 0 Å². The van der Waals surface area contributed by atoms with Crippen LogP contribution in [0, 0.1) is 11.8 Å². The quantitative estimate of drug-likeness (QED) is 0.395. The van der Waals surface area contributed by atoms with Gasteiger partial charge in [-0.2, -0.15) is 0 Å². The Morgan fingerprint density at radius 1 is 1.53 bits per heavy atom. The Bertz CT molecular complexity index is 596. The maximum atomic E-state index is 11.9. The van der Waals surface area contributed by atoms with Gasteiger partial charge < -0.3 is 0 Å². The van der Waals surface area contributed by atoms with Crippen molar-refractivity contribution in [3.8, 4) is 11.8 Å². The average Bonchev–Trinajstić information content (AvgIpc) is 2.85. The van der Waals surface area contributed by atoms with Gasteiger partial charge in [-0.1, -0.05) is 5.92 Å². The molecule has 6 nitrogen and oxygen atoms in total. The zero-order valence-electron chi connectivity index (χ0n) is 10.3. The van der Waals surface area contributed by atoms with E-state index in [0.29, 0.717) is 6.42 Å². The molecule has 0 saturated heterocycles. The number of hydrogen-bond donors (Lipinski definition) is 3. The van der Waals surface area contributed by atoms with Gasteiger partial charge >= 0.3 is 0 Å². The largest absolute Gasteiger partial charge is 0.295 e. The van der Waals surface area contributed by atoms with Gasteiger partial charge in [0.05, 0.1) is 6.54 Å². The van der Waals surface area contributed by atoms with E-state index in [2.05, 4.69) is 17.2 Å². The third-order valence-corrected chi connectivity index (χ3v) is 5.24. The van der Waals surface area contributed by atoms with Crippen molar-refractivity contribution in [2.45, 2.75) is 17.6 Å². The van der Waals surface area contributed by atoms with Gasteiger partial charge in [0.1, 0.15) is 10.1 Å². The summed E-state index contributed by atoms with van der Waals surface area (Å²) < 4.78 is 24.0. The molecule has 0 aliphatic carbocycles. The van der Waals surface area contributed by atoms with Crippen LogP contribution in [-0.4, -0.2) is 32.0 Å². The Hall–Kier alpha value is -1.40. The summed E-state index contributed by atoms with van der Waals surface area (Å²) in [5, 5.41) is 12.5. The summed E-state index contributed by atoms with van der Waals surface area (Å²) in [5.41, 5.74) is 2.26. The lowest BCUT2D eigenvalue weighted by atomic mass is 10.2. The van der Waals surface area contributed by atoms with E-state index in [-0.39, 0.29) is 16.6 Å². The number of carbonyl (C=O) groups is 1. The van der Waals surface area contributed by atoms with Crippen LogP contribution in [0.2, 0.25) is 0 Å². The zero-order chi connectivity index (χ0) is 14.3. The number of hydrogen-bond acceptors (Lipinski definition) is 6. The van der Waals surface area contributed by atoms with E-state index >= 15 is 0 Å². The number of thiophene rings is 1. The normalized spacial score (nSPS) is 10.6. The lowest BCUT2D eigenvalue weighted by Crippen LogP contribution is -2.34. The fourth-order valence-electron chi connectivity index (χ4n) is 1.21. The first-order valence-corrected chi connectivity index (χ1v) is 7.86. The van der Waals surface area contributed by atoms with E-state index in [0.717, 1.165) is 16.9 Å².